The first kappa shape index (κ1) is 13.9. The van der Waals surface area contributed by atoms with E-state index in [2.05, 4.69) is 24.0 Å². The zero-order chi connectivity index (χ0) is 14.1. The molecule has 0 aliphatic carbocycles. The molecule has 2 aliphatic rings. The smallest absolute Gasteiger partial charge is 0.119 e. The number of hydrogen-bond acceptors (Lipinski definition) is 4. The number of ether oxygens (including phenoxy) is 2. The number of rotatable bonds is 4. The highest BCUT2D eigenvalue weighted by Crippen LogP contribution is 2.33. The number of likely N-dealkylation sites (tertiary alicyclic amines) is 1. The first-order valence-corrected chi connectivity index (χ1v) is 7.46. The molecule has 2 aliphatic heterocycles. The van der Waals surface area contributed by atoms with Crippen molar-refractivity contribution in [1.29, 1.82) is 0 Å². The maximum absolute atomic E-state index is 6.28. The average Bonchev–Trinajstić information content (AvgIpc) is 2.78. The van der Waals surface area contributed by atoms with Crippen molar-refractivity contribution < 1.29 is 9.47 Å². The molecule has 3 rings (SSSR count). The highest BCUT2D eigenvalue weighted by Gasteiger charge is 2.37. The van der Waals surface area contributed by atoms with Crippen molar-refractivity contribution in [2.75, 3.05) is 20.2 Å². The van der Waals surface area contributed by atoms with E-state index in [-0.39, 0.29) is 12.1 Å². The molecule has 0 saturated carbocycles. The number of morpholine rings is 1. The first-order valence-electron chi connectivity index (χ1n) is 7.46. The van der Waals surface area contributed by atoms with Crippen LogP contribution >= 0.6 is 0 Å². The number of nitrogens with zero attached hydrogens (tertiary/aromatic N) is 1. The normalized spacial score (nSPS) is 29.1. The maximum Gasteiger partial charge on any atom is 0.119 e. The lowest BCUT2D eigenvalue weighted by atomic mass is 9.98. The van der Waals surface area contributed by atoms with Crippen molar-refractivity contribution in [2.24, 2.45) is 5.73 Å². The van der Waals surface area contributed by atoms with Crippen LogP contribution in [-0.2, 0) is 4.74 Å². The fraction of sp³-hybridized carbons (Fsp3) is 0.625. The molecule has 2 fully saturated rings. The number of hydrogen-bond donors (Lipinski definition) is 1. The van der Waals surface area contributed by atoms with Gasteiger partial charge in [-0.1, -0.05) is 12.1 Å². The molecule has 0 spiro atoms. The van der Waals surface area contributed by atoms with E-state index in [1.165, 1.54) is 18.4 Å². The number of fused-ring (bicyclic) bond motifs is 2. The molecule has 2 N–H and O–H groups in total. The van der Waals surface area contributed by atoms with Crippen LogP contribution in [0.2, 0.25) is 0 Å². The molecule has 0 amide bonds. The van der Waals surface area contributed by atoms with Gasteiger partial charge in [-0.2, -0.15) is 0 Å². The minimum absolute atomic E-state index is 0.0830. The lowest BCUT2D eigenvalue weighted by Crippen LogP contribution is -2.48. The summed E-state index contributed by atoms with van der Waals surface area (Å²) in [5.74, 6) is 0.893. The largest absolute Gasteiger partial charge is 0.497 e. The molecule has 4 atom stereocenters. The van der Waals surface area contributed by atoms with Gasteiger partial charge in [-0.3, -0.25) is 4.90 Å². The van der Waals surface area contributed by atoms with Crippen LogP contribution in [0.3, 0.4) is 0 Å². The van der Waals surface area contributed by atoms with Crippen LogP contribution in [0.1, 0.15) is 31.4 Å². The first-order chi connectivity index (χ1) is 9.67. The zero-order valence-electron chi connectivity index (χ0n) is 12.3. The fourth-order valence-corrected chi connectivity index (χ4v) is 3.55. The molecule has 1 aromatic carbocycles. The van der Waals surface area contributed by atoms with E-state index in [4.69, 9.17) is 15.2 Å². The fourth-order valence-electron chi connectivity index (χ4n) is 3.55. The summed E-state index contributed by atoms with van der Waals surface area (Å²) in [6.45, 7) is 4.06. The van der Waals surface area contributed by atoms with Gasteiger partial charge in [0.1, 0.15) is 5.75 Å². The van der Waals surface area contributed by atoms with Gasteiger partial charge < -0.3 is 15.2 Å². The molecule has 2 heterocycles. The van der Waals surface area contributed by atoms with Crippen molar-refractivity contribution in [3.8, 4) is 5.75 Å². The Morgan fingerprint density at radius 3 is 2.60 bits per heavy atom. The molecule has 2 saturated heterocycles. The predicted octanol–water partition coefficient (Wildman–Crippen LogP) is 1.95. The summed E-state index contributed by atoms with van der Waals surface area (Å²) in [5.41, 5.74) is 7.52. The Hall–Kier alpha value is -1.10. The van der Waals surface area contributed by atoms with Crippen LogP contribution in [-0.4, -0.2) is 43.3 Å². The summed E-state index contributed by atoms with van der Waals surface area (Å²) in [4.78, 5) is 2.49. The Morgan fingerprint density at radius 2 is 2.00 bits per heavy atom. The number of methoxy groups -OCH3 is 1. The summed E-state index contributed by atoms with van der Waals surface area (Å²) in [6, 6.07) is 8.58. The number of benzene rings is 1. The van der Waals surface area contributed by atoms with Crippen molar-refractivity contribution >= 4 is 0 Å². The van der Waals surface area contributed by atoms with E-state index in [1.54, 1.807) is 7.11 Å². The molecule has 4 nitrogen and oxygen atoms in total. The third-order valence-corrected chi connectivity index (χ3v) is 4.40. The monoisotopic (exact) mass is 276 g/mol. The quantitative estimate of drug-likeness (QED) is 0.913. The van der Waals surface area contributed by atoms with Crippen molar-refractivity contribution in [3.05, 3.63) is 29.8 Å². The second-order valence-electron chi connectivity index (χ2n) is 5.99. The summed E-state index contributed by atoms with van der Waals surface area (Å²) in [7, 11) is 1.70. The van der Waals surface area contributed by atoms with Gasteiger partial charge in [-0.25, -0.2) is 0 Å². The molecule has 0 aromatic heterocycles. The molecular weight excluding hydrogens is 252 g/mol. The van der Waals surface area contributed by atoms with Crippen molar-refractivity contribution in [2.45, 2.75) is 44.1 Å². The second-order valence-corrected chi connectivity index (χ2v) is 5.99. The van der Waals surface area contributed by atoms with E-state index in [9.17, 15) is 0 Å². The molecule has 1 aromatic rings. The van der Waals surface area contributed by atoms with Crippen LogP contribution in [0, 0.1) is 0 Å². The summed E-state index contributed by atoms with van der Waals surface area (Å²) in [5, 5.41) is 0. The third kappa shape index (κ3) is 2.68. The van der Waals surface area contributed by atoms with Crippen LogP contribution in [0.15, 0.2) is 24.3 Å². The highest BCUT2D eigenvalue weighted by molar-refractivity contribution is 5.31. The van der Waals surface area contributed by atoms with Crippen molar-refractivity contribution in [3.63, 3.8) is 0 Å². The van der Waals surface area contributed by atoms with Gasteiger partial charge in [0.15, 0.2) is 0 Å². The van der Waals surface area contributed by atoms with Crippen LogP contribution in [0.4, 0.5) is 0 Å². The average molecular weight is 276 g/mol. The van der Waals surface area contributed by atoms with E-state index < -0.39 is 0 Å². The molecule has 0 radical (unpaired) electrons. The molecule has 20 heavy (non-hydrogen) atoms. The highest BCUT2D eigenvalue weighted by atomic mass is 16.5. The van der Waals surface area contributed by atoms with Crippen LogP contribution in [0.5, 0.6) is 5.75 Å². The second kappa shape index (κ2) is 5.72. The Labute approximate surface area is 120 Å². The lowest BCUT2D eigenvalue weighted by molar-refractivity contribution is -0.0559. The SMILES string of the molecule is COc1cccc(C(C(C)N)N2CC3CCC(C2)O3)c1. The van der Waals surface area contributed by atoms with Gasteiger partial charge in [0.2, 0.25) is 0 Å². The Balaban J connectivity index is 1.84. The van der Waals surface area contributed by atoms with Gasteiger partial charge >= 0.3 is 0 Å². The minimum atomic E-state index is 0.0830. The molecule has 4 unspecified atom stereocenters. The Kier molecular flexibility index (Phi) is 3.96. The zero-order valence-corrected chi connectivity index (χ0v) is 12.3. The summed E-state index contributed by atoms with van der Waals surface area (Å²) in [6.07, 6.45) is 3.15. The van der Waals surface area contributed by atoms with Gasteiger partial charge in [-0.15, -0.1) is 0 Å². The Bertz CT molecular complexity index is 452. The van der Waals surface area contributed by atoms with Crippen LogP contribution in [0.25, 0.3) is 0 Å². The van der Waals surface area contributed by atoms with E-state index in [1.807, 2.05) is 12.1 Å². The lowest BCUT2D eigenvalue weighted by Gasteiger charge is -2.40. The van der Waals surface area contributed by atoms with E-state index in [0.717, 1.165) is 18.8 Å². The van der Waals surface area contributed by atoms with Gasteiger partial charge in [0.05, 0.1) is 19.3 Å². The topological polar surface area (TPSA) is 47.7 Å². The maximum atomic E-state index is 6.28. The number of nitrogens with two attached hydrogens (primary N) is 1. The Morgan fingerprint density at radius 1 is 1.30 bits per heavy atom. The standard InChI is InChI=1S/C16H24N2O2/c1-11(17)16(12-4-3-5-13(8-12)19-2)18-9-14-6-7-15(10-18)20-14/h3-5,8,11,14-16H,6-7,9-10,17H2,1-2H3. The third-order valence-electron chi connectivity index (χ3n) is 4.40. The molecular formula is C16H24N2O2. The predicted molar refractivity (Wildman–Crippen MR) is 78.9 cm³/mol. The van der Waals surface area contributed by atoms with Gasteiger partial charge in [-0.05, 0) is 37.5 Å². The molecule has 110 valence electrons. The molecule has 4 heteroatoms. The summed E-state index contributed by atoms with van der Waals surface area (Å²) >= 11 is 0. The molecule has 2 bridgehead atoms. The van der Waals surface area contributed by atoms with E-state index in [0.29, 0.717) is 12.2 Å². The minimum Gasteiger partial charge on any atom is -0.497 e. The van der Waals surface area contributed by atoms with Crippen LogP contribution < -0.4 is 10.5 Å². The van der Waals surface area contributed by atoms with Gasteiger partial charge in [0, 0.05) is 25.2 Å². The van der Waals surface area contributed by atoms with Crippen molar-refractivity contribution in [1.82, 2.24) is 4.90 Å². The summed E-state index contributed by atoms with van der Waals surface area (Å²) < 4.78 is 11.3. The van der Waals surface area contributed by atoms with Gasteiger partial charge in [0.25, 0.3) is 0 Å². The van der Waals surface area contributed by atoms with E-state index >= 15 is 0 Å².